The Kier molecular flexibility index (Phi) is 6.06. The smallest absolute Gasteiger partial charge is 0.251 e. The number of carbonyl (C=O) groups is 1. The average molecular weight is 368 g/mol. The Labute approximate surface area is 160 Å². The van der Waals surface area contributed by atoms with Crippen LogP contribution in [0.2, 0.25) is 0 Å². The number of anilines is 1. The maximum Gasteiger partial charge on any atom is 0.251 e. The van der Waals surface area contributed by atoms with Crippen molar-refractivity contribution in [1.29, 1.82) is 0 Å². The van der Waals surface area contributed by atoms with Crippen LogP contribution < -0.4 is 10.2 Å². The molecule has 0 unspecified atom stereocenters. The van der Waals surface area contributed by atoms with Crippen LogP contribution in [0.3, 0.4) is 0 Å². The van der Waals surface area contributed by atoms with Crippen LogP contribution in [-0.4, -0.2) is 45.7 Å². The second-order valence-corrected chi connectivity index (χ2v) is 7.82. The Morgan fingerprint density at radius 3 is 2.63 bits per heavy atom. The highest BCUT2D eigenvalue weighted by Gasteiger charge is 2.23. The third-order valence-electron chi connectivity index (χ3n) is 4.83. The Hall–Kier alpha value is -2.47. The van der Waals surface area contributed by atoms with Gasteiger partial charge in [0.1, 0.15) is 0 Å². The largest absolute Gasteiger partial charge is 0.390 e. The Morgan fingerprint density at radius 2 is 1.96 bits per heavy atom. The minimum absolute atomic E-state index is 0.0510. The van der Waals surface area contributed by atoms with Crippen LogP contribution >= 0.6 is 0 Å². The summed E-state index contributed by atoms with van der Waals surface area (Å²) in [6, 6.07) is 9.53. The molecule has 0 radical (unpaired) electrons. The standard InChI is InChI=1S/C21H28N4O2/c1-21(2,27)11-10-16-6-8-17(9-7-16)19(26)24-18-5-3-14-25(15-18)20-22-12-4-13-23-20/h4,6-9,12-13,18,27H,3,5,10-11,14-15H2,1-2H3,(H,24,26)/t18-/m1/s1. The van der Waals surface area contributed by atoms with E-state index in [1.807, 2.05) is 38.1 Å². The summed E-state index contributed by atoms with van der Waals surface area (Å²) >= 11 is 0. The molecule has 1 aliphatic heterocycles. The molecule has 0 spiro atoms. The van der Waals surface area contributed by atoms with Gasteiger partial charge in [-0.05, 0) is 63.3 Å². The number of benzene rings is 1. The molecule has 1 aliphatic rings. The molecule has 6 nitrogen and oxygen atoms in total. The fourth-order valence-electron chi connectivity index (χ4n) is 3.27. The molecule has 144 valence electrons. The van der Waals surface area contributed by atoms with Gasteiger partial charge in [0, 0.05) is 37.1 Å². The van der Waals surface area contributed by atoms with Crippen LogP contribution in [0.25, 0.3) is 0 Å². The number of aromatic nitrogens is 2. The van der Waals surface area contributed by atoms with Crippen molar-refractivity contribution >= 4 is 11.9 Å². The van der Waals surface area contributed by atoms with E-state index in [9.17, 15) is 9.90 Å². The summed E-state index contributed by atoms with van der Waals surface area (Å²) in [5, 5.41) is 13.0. The van der Waals surface area contributed by atoms with Crippen LogP contribution in [0.4, 0.5) is 5.95 Å². The Bertz CT molecular complexity index is 741. The van der Waals surface area contributed by atoms with Gasteiger partial charge in [-0.25, -0.2) is 9.97 Å². The molecular formula is C21H28N4O2. The zero-order valence-corrected chi connectivity index (χ0v) is 16.1. The van der Waals surface area contributed by atoms with E-state index in [2.05, 4.69) is 20.2 Å². The number of hydrogen-bond donors (Lipinski definition) is 2. The van der Waals surface area contributed by atoms with E-state index in [1.165, 1.54) is 0 Å². The lowest BCUT2D eigenvalue weighted by atomic mass is 9.98. The molecule has 1 aromatic carbocycles. The van der Waals surface area contributed by atoms with Gasteiger partial charge in [0.15, 0.2) is 0 Å². The van der Waals surface area contributed by atoms with Crippen molar-refractivity contribution in [1.82, 2.24) is 15.3 Å². The van der Waals surface area contributed by atoms with Gasteiger partial charge in [0.2, 0.25) is 5.95 Å². The van der Waals surface area contributed by atoms with Gasteiger partial charge in [-0.1, -0.05) is 12.1 Å². The SMILES string of the molecule is CC(C)(O)CCc1ccc(C(=O)N[C@@H]2CCCN(c3ncccn3)C2)cc1. The minimum atomic E-state index is -0.675. The number of nitrogens with one attached hydrogen (secondary N) is 1. The predicted molar refractivity (Wildman–Crippen MR) is 106 cm³/mol. The van der Waals surface area contributed by atoms with Gasteiger partial charge in [-0.2, -0.15) is 0 Å². The van der Waals surface area contributed by atoms with E-state index in [4.69, 9.17) is 0 Å². The summed E-state index contributed by atoms with van der Waals surface area (Å²) in [7, 11) is 0. The number of piperidine rings is 1. The molecule has 0 aliphatic carbocycles. The number of hydrogen-bond acceptors (Lipinski definition) is 5. The van der Waals surface area contributed by atoms with Crippen molar-refractivity contribution in [3.05, 3.63) is 53.9 Å². The molecule has 2 aromatic rings. The van der Waals surface area contributed by atoms with Crippen molar-refractivity contribution in [3.8, 4) is 0 Å². The predicted octanol–water partition coefficient (Wildman–Crippen LogP) is 2.58. The summed E-state index contributed by atoms with van der Waals surface area (Å²) in [4.78, 5) is 23.3. The van der Waals surface area contributed by atoms with E-state index in [1.54, 1.807) is 18.5 Å². The molecule has 0 bridgehead atoms. The average Bonchev–Trinajstić information content (AvgIpc) is 2.67. The molecule has 2 N–H and O–H groups in total. The molecule has 0 saturated carbocycles. The number of aryl methyl sites for hydroxylation is 1. The van der Waals surface area contributed by atoms with Crippen LogP contribution in [0.1, 0.15) is 49.0 Å². The van der Waals surface area contributed by atoms with Crippen LogP contribution in [0, 0.1) is 0 Å². The van der Waals surface area contributed by atoms with Gasteiger partial charge in [-0.3, -0.25) is 4.79 Å². The summed E-state index contributed by atoms with van der Waals surface area (Å²) in [6.45, 7) is 5.25. The van der Waals surface area contributed by atoms with Crippen LogP contribution in [0.15, 0.2) is 42.7 Å². The lowest BCUT2D eigenvalue weighted by Crippen LogP contribution is -2.48. The number of rotatable bonds is 6. The van der Waals surface area contributed by atoms with Gasteiger partial charge < -0.3 is 15.3 Å². The molecule has 1 aromatic heterocycles. The first kappa shape index (κ1) is 19.3. The maximum absolute atomic E-state index is 12.6. The fourth-order valence-corrected chi connectivity index (χ4v) is 3.27. The van der Waals surface area contributed by atoms with E-state index >= 15 is 0 Å². The highest BCUT2D eigenvalue weighted by Crippen LogP contribution is 2.17. The quantitative estimate of drug-likeness (QED) is 0.819. The molecule has 1 amide bonds. The summed E-state index contributed by atoms with van der Waals surface area (Å²) in [6.07, 6.45) is 6.92. The van der Waals surface area contributed by atoms with Crippen molar-refractivity contribution in [2.24, 2.45) is 0 Å². The molecule has 1 fully saturated rings. The first-order chi connectivity index (χ1) is 12.9. The fraction of sp³-hybridized carbons (Fsp3) is 0.476. The van der Waals surface area contributed by atoms with E-state index in [-0.39, 0.29) is 11.9 Å². The second kappa shape index (κ2) is 8.48. The van der Waals surface area contributed by atoms with E-state index in [0.717, 1.165) is 37.9 Å². The monoisotopic (exact) mass is 368 g/mol. The summed E-state index contributed by atoms with van der Waals surface area (Å²) in [5.74, 6) is 0.664. The van der Waals surface area contributed by atoms with Crippen molar-refractivity contribution in [2.75, 3.05) is 18.0 Å². The summed E-state index contributed by atoms with van der Waals surface area (Å²) < 4.78 is 0. The number of amides is 1. The number of aliphatic hydroxyl groups is 1. The maximum atomic E-state index is 12.6. The highest BCUT2D eigenvalue weighted by molar-refractivity contribution is 5.94. The molecular weight excluding hydrogens is 340 g/mol. The molecule has 1 atom stereocenters. The van der Waals surface area contributed by atoms with Gasteiger partial charge in [0.25, 0.3) is 5.91 Å². The lowest BCUT2D eigenvalue weighted by Gasteiger charge is -2.33. The first-order valence-corrected chi connectivity index (χ1v) is 9.55. The highest BCUT2D eigenvalue weighted by atomic mass is 16.3. The molecule has 27 heavy (non-hydrogen) atoms. The molecule has 6 heteroatoms. The lowest BCUT2D eigenvalue weighted by molar-refractivity contribution is 0.0713. The zero-order chi connectivity index (χ0) is 19.3. The topological polar surface area (TPSA) is 78.4 Å². The van der Waals surface area contributed by atoms with Crippen molar-refractivity contribution in [3.63, 3.8) is 0 Å². The van der Waals surface area contributed by atoms with Gasteiger partial charge in [-0.15, -0.1) is 0 Å². The van der Waals surface area contributed by atoms with Crippen molar-refractivity contribution in [2.45, 2.75) is 51.2 Å². The van der Waals surface area contributed by atoms with Gasteiger partial charge in [0.05, 0.1) is 5.60 Å². The van der Waals surface area contributed by atoms with Crippen LogP contribution in [0.5, 0.6) is 0 Å². The van der Waals surface area contributed by atoms with Gasteiger partial charge >= 0.3 is 0 Å². The Morgan fingerprint density at radius 1 is 1.26 bits per heavy atom. The van der Waals surface area contributed by atoms with Crippen LogP contribution in [-0.2, 0) is 6.42 Å². The third kappa shape index (κ3) is 5.76. The molecule has 2 heterocycles. The first-order valence-electron chi connectivity index (χ1n) is 9.55. The van der Waals surface area contributed by atoms with E-state index in [0.29, 0.717) is 17.9 Å². The second-order valence-electron chi connectivity index (χ2n) is 7.82. The van der Waals surface area contributed by atoms with E-state index < -0.39 is 5.60 Å². The third-order valence-corrected chi connectivity index (χ3v) is 4.83. The molecule has 1 saturated heterocycles. The summed E-state index contributed by atoms with van der Waals surface area (Å²) in [5.41, 5.74) is 1.11. The number of nitrogens with zero attached hydrogens (tertiary/aromatic N) is 3. The Balaban J connectivity index is 1.55. The minimum Gasteiger partial charge on any atom is -0.390 e. The zero-order valence-electron chi connectivity index (χ0n) is 16.1. The van der Waals surface area contributed by atoms with Crippen molar-refractivity contribution < 1.29 is 9.90 Å². The molecule has 3 rings (SSSR count). The normalized spacial score (nSPS) is 17.6. The number of carbonyl (C=O) groups excluding carboxylic acids is 1.